The molecule has 4 rings (SSSR count). The maximum Gasteiger partial charge on any atom is 0.132 e. The van der Waals surface area contributed by atoms with E-state index in [1.807, 2.05) is 84.9 Å². The zero-order chi connectivity index (χ0) is 16.5. The van der Waals surface area contributed by atoms with Crippen LogP contribution in [0.25, 0.3) is 33.0 Å². The van der Waals surface area contributed by atoms with E-state index < -0.39 is 0 Å². The number of hydrogen-bond acceptors (Lipinski definition) is 2. The number of phenolic OH excluding ortho intramolecular Hbond substituents is 2. The second-order valence-electron chi connectivity index (χ2n) is 5.72. The van der Waals surface area contributed by atoms with Gasteiger partial charge in [-0.3, -0.25) is 0 Å². The molecule has 0 atom stereocenters. The summed E-state index contributed by atoms with van der Waals surface area (Å²) in [6.45, 7) is 0. The Morgan fingerprint density at radius 3 is 1.12 bits per heavy atom. The van der Waals surface area contributed by atoms with Crippen molar-refractivity contribution >= 4 is 10.8 Å². The van der Waals surface area contributed by atoms with Crippen molar-refractivity contribution < 1.29 is 10.2 Å². The molecule has 4 aromatic rings. The summed E-state index contributed by atoms with van der Waals surface area (Å²) in [4.78, 5) is 0. The summed E-state index contributed by atoms with van der Waals surface area (Å²) in [5.41, 5.74) is 3.04. The van der Waals surface area contributed by atoms with Crippen molar-refractivity contribution in [3.63, 3.8) is 0 Å². The predicted molar refractivity (Wildman–Crippen MR) is 98.1 cm³/mol. The fourth-order valence-electron chi connectivity index (χ4n) is 3.17. The van der Waals surface area contributed by atoms with Gasteiger partial charge >= 0.3 is 0 Å². The SMILES string of the molecule is Oc1c(-c2ccccc2)c(-c2ccccc2)c(O)c2ccccc12. The van der Waals surface area contributed by atoms with Crippen LogP contribution in [0.4, 0.5) is 0 Å². The number of aromatic hydroxyl groups is 2. The first-order valence-electron chi connectivity index (χ1n) is 7.85. The van der Waals surface area contributed by atoms with Crippen molar-refractivity contribution in [2.24, 2.45) is 0 Å². The van der Waals surface area contributed by atoms with Crippen molar-refractivity contribution in [1.29, 1.82) is 0 Å². The van der Waals surface area contributed by atoms with Gasteiger partial charge in [0, 0.05) is 21.9 Å². The molecular formula is C22H16O2. The van der Waals surface area contributed by atoms with Gasteiger partial charge in [-0.05, 0) is 11.1 Å². The molecule has 4 aromatic carbocycles. The molecule has 24 heavy (non-hydrogen) atoms. The minimum atomic E-state index is 0.188. The Kier molecular flexibility index (Phi) is 3.43. The summed E-state index contributed by atoms with van der Waals surface area (Å²) in [6.07, 6.45) is 0. The number of fused-ring (bicyclic) bond motifs is 1. The third kappa shape index (κ3) is 2.20. The Morgan fingerprint density at radius 2 is 0.750 bits per heavy atom. The van der Waals surface area contributed by atoms with E-state index in [2.05, 4.69) is 0 Å². The highest BCUT2D eigenvalue weighted by Crippen LogP contribution is 2.49. The van der Waals surface area contributed by atoms with Crippen molar-refractivity contribution in [3.8, 4) is 33.8 Å². The van der Waals surface area contributed by atoms with Crippen molar-refractivity contribution in [3.05, 3.63) is 84.9 Å². The molecule has 0 saturated carbocycles. The molecule has 0 aliphatic rings. The summed E-state index contributed by atoms with van der Waals surface area (Å²) >= 11 is 0. The number of phenols is 2. The second-order valence-corrected chi connectivity index (χ2v) is 5.72. The minimum absolute atomic E-state index is 0.188. The fraction of sp³-hybridized carbons (Fsp3) is 0. The lowest BCUT2D eigenvalue weighted by Crippen LogP contribution is -1.90. The first-order chi connectivity index (χ1) is 11.8. The highest BCUT2D eigenvalue weighted by atomic mass is 16.3. The monoisotopic (exact) mass is 312 g/mol. The van der Waals surface area contributed by atoms with Crippen LogP contribution >= 0.6 is 0 Å². The standard InChI is InChI=1S/C22H16O2/c23-21-17-13-7-8-14-18(17)22(24)20(16-11-5-2-6-12-16)19(21)15-9-3-1-4-10-15/h1-14,23-24H. The van der Waals surface area contributed by atoms with E-state index in [4.69, 9.17) is 0 Å². The summed E-state index contributed by atoms with van der Waals surface area (Å²) in [7, 11) is 0. The second kappa shape index (κ2) is 5.74. The predicted octanol–water partition coefficient (Wildman–Crippen LogP) is 5.59. The molecule has 0 bridgehead atoms. The lowest BCUT2D eigenvalue weighted by molar-refractivity contribution is 0.473. The molecule has 0 fully saturated rings. The Bertz CT molecular complexity index is 922. The first kappa shape index (κ1) is 14.3. The molecule has 2 N–H and O–H groups in total. The summed E-state index contributed by atoms with van der Waals surface area (Å²) in [5.74, 6) is 0.377. The summed E-state index contributed by atoms with van der Waals surface area (Å²) in [5, 5.41) is 23.2. The van der Waals surface area contributed by atoms with E-state index in [0.29, 0.717) is 21.9 Å². The quantitative estimate of drug-likeness (QED) is 0.474. The van der Waals surface area contributed by atoms with E-state index in [1.54, 1.807) is 0 Å². The van der Waals surface area contributed by atoms with Crippen LogP contribution in [0.5, 0.6) is 11.5 Å². The molecule has 0 amide bonds. The van der Waals surface area contributed by atoms with Crippen molar-refractivity contribution in [1.82, 2.24) is 0 Å². The Hall–Kier alpha value is -3.26. The molecule has 2 heteroatoms. The molecule has 0 radical (unpaired) electrons. The number of benzene rings is 4. The van der Waals surface area contributed by atoms with E-state index in [1.165, 1.54) is 0 Å². The highest BCUT2D eigenvalue weighted by molar-refractivity contribution is 6.07. The van der Waals surface area contributed by atoms with Gasteiger partial charge in [0.25, 0.3) is 0 Å². The minimum Gasteiger partial charge on any atom is -0.507 e. The number of rotatable bonds is 2. The van der Waals surface area contributed by atoms with Gasteiger partial charge in [0.2, 0.25) is 0 Å². The average molecular weight is 312 g/mol. The Morgan fingerprint density at radius 1 is 0.417 bits per heavy atom. The van der Waals surface area contributed by atoms with Crippen LogP contribution in [0.3, 0.4) is 0 Å². The molecule has 116 valence electrons. The maximum absolute atomic E-state index is 11.0. The third-order valence-corrected chi connectivity index (χ3v) is 4.29. The van der Waals surface area contributed by atoms with Gasteiger partial charge in [0.1, 0.15) is 11.5 Å². The lowest BCUT2D eigenvalue weighted by atomic mass is 9.89. The molecular weight excluding hydrogens is 296 g/mol. The van der Waals surface area contributed by atoms with Gasteiger partial charge in [-0.2, -0.15) is 0 Å². The van der Waals surface area contributed by atoms with Crippen molar-refractivity contribution in [2.45, 2.75) is 0 Å². The van der Waals surface area contributed by atoms with Gasteiger partial charge in [-0.15, -0.1) is 0 Å². The fourth-order valence-corrected chi connectivity index (χ4v) is 3.17. The van der Waals surface area contributed by atoms with Crippen LogP contribution < -0.4 is 0 Å². The van der Waals surface area contributed by atoms with Crippen LogP contribution in [-0.4, -0.2) is 10.2 Å². The van der Waals surface area contributed by atoms with E-state index in [-0.39, 0.29) is 11.5 Å². The van der Waals surface area contributed by atoms with Gasteiger partial charge in [0.15, 0.2) is 0 Å². The van der Waals surface area contributed by atoms with Gasteiger partial charge in [0.05, 0.1) is 0 Å². The van der Waals surface area contributed by atoms with E-state index in [0.717, 1.165) is 11.1 Å². The molecule has 0 unspecified atom stereocenters. The molecule has 0 aromatic heterocycles. The van der Waals surface area contributed by atoms with Crippen LogP contribution in [0, 0.1) is 0 Å². The molecule has 2 nitrogen and oxygen atoms in total. The Labute approximate surface area is 140 Å². The van der Waals surface area contributed by atoms with Crippen LogP contribution in [0.1, 0.15) is 0 Å². The van der Waals surface area contributed by atoms with Gasteiger partial charge in [-0.25, -0.2) is 0 Å². The molecule has 0 spiro atoms. The lowest BCUT2D eigenvalue weighted by Gasteiger charge is -2.17. The van der Waals surface area contributed by atoms with Crippen LogP contribution in [0.15, 0.2) is 84.9 Å². The van der Waals surface area contributed by atoms with Gasteiger partial charge < -0.3 is 10.2 Å². The summed E-state index contributed by atoms with van der Waals surface area (Å²) < 4.78 is 0. The average Bonchev–Trinajstić information content (AvgIpc) is 2.66. The molecule has 0 aliphatic heterocycles. The Balaban J connectivity index is 2.18. The smallest absolute Gasteiger partial charge is 0.132 e. The van der Waals surface area contributed by atoms with Gasteiger partial charge in [-0.1, -0.05) is 84.9 Å². The zero-order valence-corrected chi connectivity index (χ0v) is 13.0. The molecule has 0 heterocycles. The maximum atomic E-state index is 11.0. The topological polar surface area (TPSA) is 40.5 Å². The van der Waals surface area contributed by atoms with Crippen LogP contribution in [-0.2, 0) is 0 Å². The zero-order valence-electron chi connectivity index (χ0n) is 13.0. The third-order valence-electron chi connectivity index (χ3n) is 4.29. The normalized spacial score (nSPS) is 10.8. The molecule has 0 aliphatic carbocycles. The van der Waals surface area contributed by atoms with Crippen LogP contribution in [0.2, 0.25) is 0 Å². The largest absolute Gasteiger partial charge is 0.507 e. The number of hydrogen-bond donors (Lipinski definition) is 2. The first-order valence-corrected chi connectivity index (χ1v) is 7.85. The van der Waals surface area contributed by atoms with Crippen molar-refractivity contribution in [2.75, 3.05) is 0 Å². The molecule has 0 saturated heterocycles. The highest BCUT2D eigenvalue weighted by Gasteiger charge is 2.20. The summed E-state index contributed by atoms with van der Waals surface area (Å²) in [6, 6.07) is 26.7. The van der Waals surface area contributed by atoms with E-state index in [9.17, 15) is 10.2 Å². The van der Waals surface area contributed by atoms with E-state index >= 15 is 0 Å².